The zero-order valence-electron chi connectivity index (χ0n) is 9.44. The van der Waals surface area contributed by atoms with Gasteiger partial charge in [0.25, 0.3) is 0 Å². The van der Waals surface area contributed by atoms with Gasteiger partial charge >= 0.3 is 6.03 Å². The standard InChI is InChI=1S/C11H14ClN3O2/c1-8(9-3-2-6-13-7-9)14-11(17)15-10(16)4-5-12/h2-3,6-8H,4-5H2,1H3,(H2,14,15,16,17). The minimum absolute atomic E-state index is 0.121. The van der Waals surface area contributed by atoms with E-state index in [1.165, 1.54) is 0 Å². The maximum atomic E-state index is 11.4. The van der Waals surface area contributed by atoms with Crippen molar-refractivity contribution in [1.82, 2.24) is 15.6 Å². The average molecular weight is 256 g/mol. The molecule has 0 fully saturated rings. The first-order valence-electron chi connectivity index (χ1n) is 5.19. The number of hydrogen-bond donors (Lipinski definition) is 2. The summed E-state index contributed by atoms with van der Waals surface area (Å²) in [5.41, 5.74) is 0.868. The van der Waals surface area contributed by atoms with Gasteiger partial charge in [0.15, 0.2) is 0 Å². The molecular weight excluding hydrogens is 242 g/mol. The molecule has 0 saturated heterocycles. The normalized spacial score (nSPS) is 11.6. The molecule has 92 valence electrons. The topological polar surface area (TPSA) is 71.1 Å². The third kappa shape index (κ3) is 4.82. The van der Waals surface area contributed by atoms with Crippen LogP contribution in [-0.4, -0.2) is 22.8 Å². The number of carbonyl (C=O) groups excluding carboxylic acids is 2. The average Bonchev–Trinajstić information content (AvgIpc) is 2.30. The van der Waals surface area contributed by atoms with E-state index in [2.05, 4.69) is 15.6 Å². The van der Waals surface area contributed by atoms with Crippen molar-refractivity contribution in [1.29, 1.82) is 0 Å². The van der Waals surface area contributed by atoms with Crippen LogP contribution in [0, 0.1) is 0 Å². The number of nitrogens with one attached hydrogen (secondary N) is 2. The zero-order valence-corrected chi connectivity index (χ0v) is 10.2. The van der Waals surface area contributed by atoms with Gasteiger partial charge in [-0.1, -0.05) is 6.07 Å². The smallest absolute Gasteiger partial charge is 0.321 e. The number of halogens is 1. The van der Waals surface area contributed by atoms with E-state index < -0.39 is 11.9 Å². The summed E-state index contributed by atoms with van der Waals surface area (Å²) in [6.07, 6.45) is 3.43. The highest BCUT2D eigenvalue weighted by atomic mass is 35.5. The summed E-state index contributed by atoms with van der Waals surface area (Å²) < 4.78 is 0. The van der Waals surface area contributed by atoms with Gasteiger partial charge in [0.05, 0.1) is 6.04 Å². The van der Waals surface area contributed by atoms with Gasteiger partial charge in [-0.25, -0.2) is 4.79 Å². The summed E-state index contributed by atoms with van der Waals surface area (Å²) in [6, 6.07) is 2.88. The van der Waals surface area contributed by atoms with Crippen molar-refractivity contribution >= 4 is 23.5 Å². The molecule has 0 spiro atoms. The molecule has 0 aliphatic rings. The van der Waals surface area contributed by atoms with Crippen LogP contribution in [0.5, 0.6) is 0 Å². The minimum Gasteiger partial charge on any atom is -0.331 e. The molecule has 5 nitrogen and oxygen atoms in total. The molecular formula is C11H14ClN3O2. The fourth-order valence-corrected chi connectivity index (χ4v) is 1.39. The van der Waals surface area contributed by atoms with E-state index in [9.17, 15) is 9.59 Å². The van der Waals surface area contributed by atoms with Gasteiger partial charge in [0, 0.05) is 24.7 Å². The highest BCUT2D eigenvalue weighted by molar-refractivity contribution is 6.19. The Hall–Kier alpha value is -1.62. The van der Waals surface area contributed by atoms with E-state index in [1.807, 2.05) is 13.0 Å². The number of aromatic nitrogens is 1. The zero-order chi connectivity index (χ0) is 12.7. The van der Waals surface area contributed by atoms with Crippen molar-refractivity contribution in [3.8, 4) is 0 Å². The second-order valence-corrected chi connectivity index (χ2v) is 3.85. The minimum atomic E-state index is -0.531. The maximum absolute atomic E-state index is 11.4. The highest BCUT2D eigenvalue weighted by Gasteiger charge is 2.11. The number of imide groups is 1. The Morgan fingerprint density at radius 3 is 2.88 bits per heavy atom. The number of pyridine rings is 1. The van der Waals surface area contributed by atoms with Crippen molar-refractivity contribution in [3.05, 3.63) is 30.1 Å². The van der Waals surface area contributed by atoms with Crippen LogP contribution >= 0.6 is 11.6 Å². The molecule has 0 bridgehead atoms. The Labute approximate surface area is 105 Å². The van der Waals surface area contributed by atoms with E-state index >= 15 is 0 Å². The quantitative estimate of drug-likeness (QED) is 0.803. The summed E-state index contributed by atoms with van der Waals surface area (Å²) in [6.45, 7) is 1.81. The third-order valence-corrected chi connectivity index (χ3v) is 2.30. The first-order valence-corrected chi connectivity index (χ1v) is 5.73. The molecule has 3 amide bonds. The molecule has 0 radical (unpaired) electrons. The lowest BCUT2D eigenvalue weighted by Crippen LogP contribution is -2.40. The molecule has 0 aliphatic carbocycles. The lowest BCUT2D eigenvalue weighted by atomic mass is 10.1. The summed E-state index contributed by atoms with van der Waals surface area (Å²) in [5, 5.41) is 4.82. The predicted octanol–water partition coefficient (Wildman–Crippen LogP) is 1.60. The molecule has 1 atom stereocenters. The molecule has 1 aromatic heterocycles. The lowest BCUT2D eigenvalue weighted by Gasteiger charge is -2.13. The van der Waals surface area contributed by atoms with E-state index in [-0.39, 0.29) is 18.3 Å². The second-order valence-electron chi connectivity index (χ2n) is 3.47. The van der Waals surface area contributed by atoms with Crippen LogP contribution in [0.1, 0.15) is 24.9 Å². The Morgan fingerprint density at radius 1 is 1.53 bits per heavy atom. The molecule has 0 saturated carbocycles. The SMILES string of the molecule is CC(NC(=O)NC(=O)CCCl)c1cccnc1. The lowest BCUT2D eigenvalue weighted by molar-refractivity contribution is -0.119. The van der Waals surface area contributed by atoms with Gasteiger partial charge in [-0.15, -0.1) is 11.6 Å². The summed E-state index contributed by atoms with van der Waals surface area (Å²) in [7, 11) is 0. The predicted molar refractivity (Wildman–Crippen MR) is 64.7 cm³/mol. The van der Waals surface area contributed by atoms with Gasteiger partial charge < -0.3 is 5.32 Å². The molecule has 0 aromatic carbocycles. The Balaban J connectivity index is 2.44. The first kappa shape index (κ1) is 13.4. The van der Waals surface area contributed by atoms with Crippen LogP contribution in [0.3, 0.4) is 0 Å². The summed E-state index contributed by atoms with van der Waals surface area (Å²) in [4.78, 5) is 26.5. The monoisotopic (exact) mass is 255 g/mol. The fraction of sp³-hybridized carbons (Fsp3) is 0.364. The van der Waals surface area contributed by atoms with Gasteiger partial charge in [-0.05, 0) is 18.6 Å². The molecule has 1 heterocycles. The number of rotatable bonds is 4. The van der Waals surface area contributed by atoms with Gasteiger partial charge in [0.2, 0.25) is 5.91 Å². The highest BCUT2D eigenvalue weighted by Crippen LogP contribution is 2.08. The Bertz CT molecular complexity index is 384. The number of amides is 3. The van der Waals surface area contributed by atoms with Crippen molar-refractivity contribution in [2.24, 2.45) is 0 Å². The van der Waals surface area contributed by atoms with Crippen molar-refractivity contribution in [3.63, 3.8) is 0 Å². The van der Waals surface area contributed by atoms with Crippen LogP contribution in [0.4, 0.5) is 4.79 Å². The third-order valence-electron chi connectivity index (χ3n) is 2.11. The second kappa shape index (κ2) is 6.85. The molecule has 0 aliphatic heterocycles. The van der Waals surface area contributed by atoms with Crippen LogP contribution in [-0.2, 0) is 4.79 Å². The number of carbonyl (C=O) groups is 2. The van der Waals surface area contributed by atoms with Gasteiger partial charge in [0.1, 0.15) is 0 Å². The Kier molecular flexibility index (Phi) is 5.42. The van der Waals surface area contributed by atoms with Crippen molar-refractivity contribution in [2.45, 2.75) is 19.4 Å². The van der Waals surface area contributed by atoms with Gasteiger partial charge in [-0.3, -0.25) is 15.1 Å². The fourth-order valence-electron chi connectivity index (χ4n) is 1.22. The van der Waals surface area contributed by atoms with Crippen molar-refractivity contribution < 1.29 is 9.59 Å². The molecule has 17 heavy (non-hydrogen) atoms. The van der Waals surface area contributed by atoms with Crippen LogP contribution in [0.15, 0.2) is 24.5 Å². The van der Waals surface area contributed by atoms with E-state index in [0.29, 0.717) is 0 Å². The van der Waals surface area contributed by atoms with E-state index in [1.54, 1.807) is 18.5 Å². The maximum Gasteiger partial charge on any atom is 0.321 e. The van der Waals surface area contributed by atoms with Gasteiger partial charge in [-0.2, -0.15) is 0 Å². The first-order chi connectivity index (χ1) is 8.13. The molecule has 1 rings (SSSR count). The number of nitrogens with zero attached hydrogens (tertiary/aromatic N) is 1. The van der Waals surface area contributed by atoms with Crippen LogP contribution in [0.2, 0.25) is 0 Å². The molecule has 1 aromatic rings. The van der Waals surface area contributed by atoms with E-state index in [0.717, 1.165) is 5.56 Å². The largest absolute Gasteiger partial charge is 0.331 e. The number of hydrogen-bond acceptors (Lipinski definition) is 3. The van der Waals surface area contributed by atoms with Crippen LogP contribution < -0.4 is 10.6 Å². The van der Waals surface area contributed by atoms with Crippen molar-refractivity contribution in [2.75, 3.05) is 5.88 Å². The van der Waals surface area contributed by atoms with Crippen LogP contribution in [0.25, 0.3) is 0 Å². The molecule has 2 N–H and O–H groups in total. The number of alkyl halides is 1. The molecule has 6 heteroatoms. The van der Waals surface area contributed by atoms with E-state index in [4.69, 9.17) is 11.6 Å². The number of urea groups is 1. The Morgan fingerprint density at radius 2 is 2.29 bits per heavy atom. The summed E-state index contributed by atoms with van der Waals surface area (Å²) in [5.74, 6) is -0.201. The molecule has 1 unspecified atom stereocenters. The summed E-state index contributed by atoms with van der Waals surface area (Å²) >= 11 is 5.38.